The first kappa shape index (κ1) is 17.3. The van der Waals surface area contributed by atoms with Crippen molar-refractivity contribution in [1.29, 1.82) is 0 Å². The molecule has 2 aromatic rings. The fourth-order valence-electron chi connectivity index (χ4n) is 3.74. The van der Waals surface area contributed by atoms with Crippen LogP contribution in [0.3, 0.4) is 0 Å². The van der Waals surface area contributed by atoms with Gasteiger partial charge in [0.25, 0.3) is 5.91 Å². The second-order valence-electron chi connectivity index (χ2n) is 6.83. The van der Waals surface area contributed by atoms with Crippen LogP contribution in [0.4, 0.5) is 0 Å². The van der Waals surface area contributed by atoms with Crippen molar-refractivity contribution in [1.82, 2.24) is 9.47 Å². The highest BCUT2D eigenvalue weighted by molar-refractivity contribution is 5.96. The molecule has 5 heteroatoms. The van der Waals surface area contributed by atoms with E-state index in [2.05, 4.69) is 16.7 Å². The Balaban J connectivity index is 1.85. The van der Waals surface area contributed by atoms with Gasteiger partial charge in [-0.05, 0) is 38.8 Å². The molecule has 0 radical (unpaired) electrons. The van der Waals surface area contributed by atoms with E-state index in [9.17, 15) is 14.7 Å². The Labute approximate surface area is 147 Å². The van der Waals surface area contributed by atoms with Crippen molar-refractivity contribution in [2.75, 3.05) is 6.54 Å². The Hall–Kier alpha value is -2.56. The molecule has 1 aromatic carbocycles. The minimum Gasteiger partial charge on any atom is -0.481 e. The zero-order chi connectivity index (χ0) is 18.1. The SMILES string of the molecule is Cc1cc(C(=O)N2CCC(C(=O)O)C2C)c(C)n1Cc1ccccc1. The van der Waals surface area contributed by atoms with E-state index in [1.165, 1.54) is 5.56 Å². The van der Waals surface area contributed by atoms with Crippen LogP contribution in [0.15, 0.2) is 36.4 Å². The van der Waals surface area contributed by atoms with Crippen molar-refractivity contribution in [3.8, 4) is 0 Å². The second-order valence-corrected chi connectivity index (χ2v) is 6.83. The molecule has 3 rings (SSSR count). The summed E-state index contributed by atoms with van der Waals surface area (Å²) in [6, 6.07) is 11.8. The lowest BCUT2D eigenvalue weighted by Gasteiger charge is -2.23. The Bertz CT molecular complexity index is 795. The van der Waals surface area contributed by atoms with E-state index in [1.807, 2.05) is 45.0 Å². The van der Waals surface area contributed by atoms with Crippen molar-refractivity contribution in [3.63, 3.8) is 0 Å². The molecule has 1 N–H and O–H groups in total. The fourth-order valence-corrected chi connectivity index (χ4v) is 3.74. The van der Waals surface area contributed by atoms with Crippen molar-refractivity contribution in [2.24, 2.45) is 5.92 Å². The zero-order valence-corrected chi connectivity index (χ0v) is 14.9. The molecule has 0 spiro atoms. The van der Waals surface area contributed by atoms with Crippen LogP contribution in [-0.4, -0.2) is 39.0 Å². The first-order chi connectivity index (χ1) is 11.9. The number of aromatic nitrogens is 1. The molecular weight excluding hydrogens is 316 g/mol. The maximum absolute atomic E-state index is 13.0. The summed E-state index contributed by atoms with van der Waals surface area (Å²) in [7, 11) is 0. The first-order valence-electron chi connectivity index (χ1n) is 8.64. The van der Waals surface area contributed by atoms with Crippen LogP contribution in [0.1, 0.15) is 40.7 Å². The van der Waals surface area contributed by atoms with Gasteiger partial charge in [0.1, 0.15) is 0 Å². The topological polar surface area (TPSA) is 62.5 Å². The van der Waals surface area contributed by atoms with Gasteiger partial charge in [-0.2, -0.15) is 0 Å². The molecule has 1 aliphatic rings. The summed E-state index contributed by atoms with van der Waals surface area (Å²) < 4.78 is 2.14. The van der Waals surface area contributed by atoms with Crippen LogP contribution in [0.25, 0.3) is 0 Å². The monoisotopic (exact) mass is 340 g/mol. The molecule has 2 heterocycles. The van der Waals surface area contributed by atoms with E-state index in [0.717, 1.165) is 17.9 Å². The Morgan fingerprint density at radius 1 is 1.20 bits per heavy atom. The van der Waals surface area contributed by atoms with Crippen LogP contribution in [0, 0.1) is 19.8 Å². The quantitative estimate of drug-likeness (QED) is 0.930. The minimum absolute atomic E-state index is 0.0661. The molecule has 0 bridgehead atoms. The smallest absolute Gasteiger partial charge is 0.308 e. The molecular formula is C20H24N2O3. The molecule has 5 nitrogen and oxygen atoms in total. The molecule has 0 saturated carbocycles. The molecule has 1 aromatic heterocycles. The summed E-state index contributed by atoms with van der Waals surface area (Å²) >= 11 is 0. The van der Waals surface area contributed by atoms with E-state index in [1.54, 1.807) is 4.90 Å². The average Bonchev–Trinajstić information content (AvgIpc) is 3.10. The Morgan fingerprint density at radius 2 is 1.88 bits per heavy atom. The van der Waals surface area contributed by atoms with Crippen LogP contribution < -0.4 is 0 Å². The number of carbonyl (C=O) groups excluding carboxylic acids is 1. The maximum atomic E-state index is 13.0. The Kier molecular flexibility index (Phi) is 4.66. The summed E-state index contributed by atoms with van der Waals surface area (Å²) in [5.74, 6) is -1.36. The summed E-state index contributed by atoms with van der Waals surface area (Å²) in [5, 5.41) is 9.28. The van der Waals surface area contributed by atoms with Crippen molar-refractivity contribution >= 4 is 11.9 Å². The maximum Gasteiger partial charge on any atom is 0.308 e. The van der Waals surface area contributed by atoms with Gasteiger partial charge in [0.15, 0.2) is 0 Å². The van der Waals surface area contributed by atoms with Gasteiger partial charge in [-0.3, -0.25) is 9.59 Å². The lowest BCUT2D eigenvalue weighted by atomic mass is 10.0. The van der Waals surface area contributed by atoms with Gasteiger partial charge >= 0.3 is 5.97 Å². The Morgan fingerprint density at radius 3 is 2.48 bits per heavy atom. The van der Waals surface area contributed by atoms with Gasteiger partial charge < -0.3 is 14.6 Å². The van der Waals surface area contributed by atoms with Gasteiger partial charge in [0.05, 0.1) is 11.5 Å². The number of likely N-dealkylation sites (tertiary alicyclic amines) is 1. The fraction of sp³-hybridized carbons (Fsp3) is 0.400. The largest absolute Gasteiger partial charge is 0.481 e. The third kappa shape index (κ3) is 3.18. The molecule has 1 aliphatic heterocycles. The minimum atomic E-state index is -0.822. The van der Waals surface area contributed by atoms with Crippen molar-refractivity contribution in [3.05, 3.63) is 58.9 Å². The standard InChI is InChI=1S/C20H24N2O3/c1-13-11-18(15(3)22(13)12-16-7-5-4-6-8-16)19(23)21-10-9-17(14(21)2)20(24)25/h4-8,11,14,17H,9-10,12H2,1-3H3,(H,24,25). The number of hydrogen-bond donors (Lipinski definition) is 1. The van der Waals surface area contributed by atoms with Gasteiger partial charge in [-0.15, -0.1) is 0 Å². The van der Waals surface area contributed by atoms with Crippen LogP contribution in [0.5, 0.6) is 0 Å². The van der Waals surface area contributed by atoms with Crippen molar-refractivity contribution < 1.29 is 14.7 Å². The van der Waals surface area contributed by atoms with Gasteiger partial charge in [0.2, 0.25) is 0 Å². The summed E-state index contributed by atoms with van der Waals surface area (Å²) in [4.78, 5) is 26.0. The van der Waals surface area contributed by atoms with Crippen LogP contribution >= 0.6 is 0 Å². The predicted octanol–water partition coefficient (Wildman–Crippen LogP) is 3.09. The number of hydrogen-bond acceptors (Lipinski definition) is 2. The third-order valence-electron chi connectivity index (χ3n) is 5.32. The molecule has 1 fully saturated rings. The van der Waals surface area contributed by atoms with E-state index < -0.39 is 11.9 Å². The van der Waals surface area contributed by atoms with Crippen LogP contribution in [0.2, 0.25) is 0 Å². The van der Waals surface area contributed by atoms with E-state index in [-0.39, 0.29) is 11.9 Å². The molecule has 2 unspecified atom stereocenters. The average molecular weight is 340 g/mol. The molecule has 2 atom stereocenters. The molecule has 25 heavy (non-hydrogen) atoms. The molecule has 1 amide bonds. The number of rotatable bonds is 4. The van der Waals surface area contributed by atoms with E-state index >= 15 is 0 Å². The molecule has 132 valence electrons. The van der Waals surface area contributed by atoms with Gasteiger partial charge in [-0.1, -0.05) is 30.3 Å². The van der Waals surface area contributed by atoms with Gasteiger partial charge in [0, 0.05) is 30.5 Å². The number of carboxylic acids is 1. The first-order valence-corrected chi connectivity index (χ1v) is 8.64. The highest BCUT2D eigenvalue weighted by Gasteiger charge is 2.39. The predicted molar refractivity (Wildman–Crippen MR) is 95.7 cm³/mol. The van der Waals surface area contributed by atoms with Crippen LogP contribution in [-0.2, 0) is 11.3 Å². The lowest BCUT2D eigenvalue weighted by molar-refractivity contribution is -0.142. The molecule has 1 saturated heterocycles. The normalized spacial score (nSPS) is 20.0. The summed E-state index contributed by atoms with van der Waals surface area (Å²) in [6.45, 7) is 7.00. The third-order valence-corrected chi connectivity index (χ3v) is 5.32. The number of benzene rings is 1. The van der Waals surface area contributed by atoms with E-state index in [0.29, 0.717) is 18.5 Å². The van der Waals surface area contributed by atoms with Crippen molar-refractivity contribution in [2.45, 2.75) is 39.8 Å². The summed E-state index contributed by atoms with van der Waals surface area (Å²) in [6.07, 6.45) is 0.519. The van der Waals surface area contributed by atoms with Gasteiger partial charge in [-0.25, -0.2) is 0 Å². The molecule has 0 aliphatic carbocycles. The number of carbonyl (C=O) groups is 2. The number of aryl methyl sites for hydroxylation is 1. The zero-order valence-electron chi connectivity index (χ0n) is 14.9. The number of nitrogens with zero attached hydrogens (tertiary/aromatic N) is 2. The highest BCUT2D eigenvalue weighted by Crippen LogP contribution is 2.28. The number of carboxylic acid groups (broad SMARTS) is 1. The number of amides is 1. The highest BCUT2D eigenvalue weighted by atomic mass is 16.4. The second kappa shape index (κ2) is 6.75. The number of aliphatic carboxylic acids is 1. The lowest BCUT2D eigenvalue weighted by Crippen LogP contribution is -2.37. The summed E-state index contributed by atoms with van der Waals surface area (Å²) in [5.41, 5.74) is 3.82. The van der Waals surface area contributed by atoms with E-state index in [4.69, 9.17) is 0 Å².